The fourth-order valence-electron chi connectivity index (χ4n) is 1.87. The Bertz CT molecular complexity index is 667. The van der Waals surface area contributed by atoms with Crippen molar-refractivity contribution < 1.29 is 22.0 Å². The van der Waals surface area contributed by atoms with Crippen molar-refractivity contribution in [2.75, 3.05) is 13.6 Å². The molecule has 0 aromatic heterocycles. The van der Waals surface area contributed by atoms with Crippen LogP contribution in [0.4, 0.5) is 8.78 Å². The average molecular weight is 320 g/mol. The quantitative estimate of drug-likeness (QED) is 0.921. The predicted octanol–water partition coefficient (Wildman–Crippen LogP) is 1.73. The Labute approximate surface area is 122 Å². The molecule has 0 aliphatic heterocycles. The summed E-state index contributed by atoms with van der Waals surface area (Å²) < 4.78 is 49.7. The fraction of sp³-hybridized carbons (Fsp3) is 0.462. The summed E-state index contributed by atoms with van der Waals surface area (Å²) in [5.74, 6) is -3.64. The number of amides is 1. The highest BCUT2D eigenvalue weighted by molar-refractivity contribution is 7.89. The van der Waals surface area contributed by atoms with E-state index in [1.165, 1.54) is 11.9 Å². The van der Waals surface area contributed by atoms with Crippen LogP contribution >= 0.6 is 0 Å². The molecule has 0 saturated heterocycles. The molecular formula is C13H18F2N2O3S. The zero-order valence-corrected chi connectivity index (χ0v) is 13.1. The minimum atomic E-state index is -4.24. The summed E-state index contributed by atoms with van der Waals surface area (Å²) in [6.07, 6.45) is 0. The third kappa shape index (κ3) is 4.47. The second-order valence-electron chi connectivity index (χ2n) is 6.03. The van der Waals surface area contributed by atoms with Crippen molar-refractivity contribution in [3.8, 4) is 0 Å². The molecule has 0 aliphatic carbocycles. The van der Waals surface area contributed by atoms with Gasteiger partial charge in [0.2, 0.25) is 10.0 Å². The minimum Gasteiger partial charge on any atom is -0.341 e. The van der Waals surface area contributed by atoms with Crippen LogP contribution in [-0.2, 0) is 10.0 Å². The summed E-state index contributed by atoms with van der Waals surface area (Å²) in [6.45, 7) is 5.89. The Morgan fingerprint density at radius 2 is 1.81 bits per heavy atom. The van der Waals surface area contributed by atoms with Crippen LogP contribution in [0.1, 0.15) is 31.1 Å². The second-order valence-corrected chi connectivity index (χ2v) is 7.59. The molecule has 8 heteroatoms. The standard InChI is InChI=1S/C13H18F2N2O3S/c1-13(2,3)7-17(4)12(18)9-5-8(21(16,19)20)6-10(14)11(9)15/h5-6H,7H2,1-4H3,(H2,16,19,20). The highest BCUT2D eigenvalue weighted by Gasteiger charge is 2.25. The van der Waals surface area contributed by atoms with Crippen molar-refractivity contribution in [2.24, 2.45) is 10.6 Å². The van der Waals surface area contributed by atoms with E-state index in [-0.39, 0.29) is 12.0 Å². The van der Waals surface area contributed by atoms with Gasteiger partial charge in [-0.1, -0.05) is 20.8 Å². The van der Waals surface area contributed by atoms with Gasteiger partial charge < -0.3 is 4.90 Å². The van der Waals surface area contributed by atoms with Gasteiger partial charge in [0.15, 0.2) is 11.6 Å². The van der Waals surface area contributed by atoms with Crippen LogP contribution in [0, 0.1) is 17.0 Å². The number of nitrogens with zero attached hydrogens (tertiary/aromatic N) is 1. The molecule has 0 atom stereocenters. The molecule has 0 saturated carbocycles. The Morgan fingerprint density at radius 3 is 2.24 bits per heavy atom. The zero-order valence-electron chi connectivity index (χ0n) is 12.3. The normalized spacial score (nSPS) is 12.3. The summed E-state index contributed by atoms with van der Waals surface area (Å²) in [5.41, 5.74) is -0.914. The van der Waals surface area contributed by atoms with E-state index in [4.69, 9.17) is 5.14 Å². The van der Waals surface area contributed by atoms with Gasteiger partial charge in [0.1, 0.15) is 0 Å². The van der Waals surface area contributed by atoms with E-state index < -0.39 is 38.0 Å². The first kappa shape index (κ1) is 17.5. The zero-order chi connectivity index (χ0) is 16.6. The van der Waals surface area contributed by atoms with Crippen molar-refractivity contribution in [1.82, 2.24) is 4.90 Å². The number of carbonyl (C=O) groups excluding carboxylic acids is 1. The van der Waals surface area contributed by atoms with Gasteiger partial charge in [0, 0.05) is 13.6 Å². The SMILES string of the molecule is CN(CC(C)(C)C)C(=O)c1cc(S(N)(=O)=O)cc(F)c1F. The molecule has 2 N–H and O–H groups in total. The molecule has 1 amide bonds. The lowest BCUT2D eigenvalue weighted by Crippen LogP contribution is -2.35. The second kappa shape index (κ2) is 5.69. The van der Waals surface area contributed by atoms with Crippen molar-refractivity contribution >= 4 is 15.9 Å². The molecule has 0 spiro atoms. The third-order valence-corrected chi connectivity index (χ3v) is 3.51. The van der Waals surface area contributed by atoms with Crippen molar-refractivity contribution in [2.45, 2.75) is 25.7 Å². The van der Waals surface area contributed by atoms with Gasteiger partial charge in [0.05, 0.1) is 10.5 Å². The van der Waals surface area contributed by atoms with Crippen molar-refractivity contribution in [3.63, 3.8) is 0 Å². The number of hydrogen-bond acceptors (Lipinski definition) is 3. The topological polar surface area (TPSA) is 80.5 Å². The van der Waals surface area contributed by atoms with E-state index in [9.17, 15) is 22.0 Å². The summed E-state index contributed by atoms with van der Waals surface area (Å²) in [5, 5.41) is 4.88. The molecule has 0 heterocycles. The Balaban J connectivity index is 3.30. The first-order valence-electron chi connectivity index (χ1n) is 6.10. The Morgan fingerprint density at radius 1 is 1.29 bits per heavy atom. The number of rotatable bonds is 3. The molecule has 0 radical (unpaired) electrons. The number of sulfonamides is 1. The minimum absolute atomic E-state index is 0.253. The number of hydrogen-bond donors (Lipinski definition) is 1. The lowest BCUT2D eigenvalue weighted by Gasteiger charge is -2.26. The fourth-order valence-corrected chi connectivity index (χ4v) is 2.42. The molecule has 118 valence electrons. The van der Waals surface area contributed by atoms with Gasteiger partial charge in [-0.25, -0.2) is 22.3 Å². The number of benzene rings is 1. The molecule has 1 aromatic carbocycles. The number of nitrogens with two attached hydrogens (primary N) is 1. The maximum atomic E-state index is 13.8. The number of carbonyl (C=O) groups is 1. The highest BCUT2D eigenvalue weighted by Crippen LogP contribution is 2.21. The summed E-state index contributed by atoms with van der Waals surface area (Å²) in [4.78, 5) is 12.7. The molecule has 5 nitrogen and oxygen atoms in total. The van der Waals surface area contributed by atoms with E-state index in [0.29, 0.717) is 6.07 Å². The summed E-state index contributed by atoms with van der Waals surface area (Å²) >= 11 is 0. The van der Waals surface area contributed by atoms with Crippen molar-refractivity contribution in [3.05, 3.63) is 29.3 Å². The number of halogens is 2. The first-order chi connectivity index (χ1) is 9.33. The van der Waals surface area contributed by atoms with E-state index >= 15 is 0 Å². The van der Waals surface area contributed by atoms with E-state index in [2.05, 4.69) is 0 Å². The molecule has 21 heavy (non-hydrogen) atoms. The van der Waals surface area contributed by atoms with Gasteiger partial charge >= 0.3 is 0 Å². The van der Waals surface area contributed by atoms with Crippen LogP contribution in [0.15, 0.2) is 17.0 Å². The molecule has 1 rings (SSSR count). The van der Waals surface area contributed by atoms with Crippen LogP contribution < -0.4 is 5.14 Å². The van der Waals surface area contributed by atoms with Crippen LogP contribution in [0.25, 0.3) is 0 Å². The number of primary sulfonamides is 1. The van der Waals surface area contributed by atoms with Gasteiger partial charge in [-0.05, 0) is 17.5 Å². The van der Waals surface area contributed by atoms with Crippen LogP contribution in [-0.4, -0.2) is 32.8 Å². The smallest absolute Gasteiger partial charge is 0.256 e. The highest BCUT2D eigenvalue weighted by atomic mass is 32.2. The molecule has 0 bridgehead atoms. The predicted molar refractivity (Wildman–Crippen MR) is 74.1 cm³/mol. The van der Waals surface area contributed by atoms with Gasteiger partial charge in [-0.2, -0.15) is 0 Å². The molecule has 0 aliphatic rings. The van der Waals surface area contributed by atoms with Crippen LogP contribution in [0.2, 0.25) is 0 Å². The monoisotopic (exact) mass is 320 g/mol. The van der Waals surface area contributed by atoms with Gasteiger partial charge in [0.25, 0.3) is 5.91 Å². The van der Waals surface area contributed by atoms with E-state index in [1.54, 1.807) is 0 Å². The van der Waals surface area contributed by atoms with Crippen molar-refractivity contribution in [1.29, 1.82) is 0 Å². The summed E-state index contributed by atoms with van der Waals surface area (Å²) in [6, 6.07) is 1.19. The first-order valence-corrected chi connectivity index (χ1v) is 7.65. The Hall–Kier alpha value is -1.54. The third-order valence-electron chi connectivity index (χ3n) is 2.62. The molecule has 0 fully saturated rings. The van der Waals surface area contributed by atoms with Crippen LogP contribution in [0.5, 0.6) is 0 Å². The van der Waals surface area contributed by atoms with Gasteiger partial charge in [-0.3, -0.25) is 4.79 Å². The maximum Gasteiger partial charge on any atom is 0.256 e. The largest absolute Gasteiger partial charge is 0.341 e. The summed E-state index contributed by atoms with van der Waals surface area (Å²) in [7, 11) is -2.81. The molecular weight excluding hydrogens is 302 g/mol. The molecule has 0 unspecified atom stereocenters. The van der Waals surface area contributed by atoms with Gasteiger partial charge in [-0.15, -0.1) is 0 Å². The lowest BCUT2D eigenvalue weighted by atomic mass is 9.96. The maximum absolute atomic E-state index is 13.8. The van der Waals surface area contributed by atoms with E-state index in [1.807, 2.05) is 20.8 Å². The lowest BCUT2D eigenvalue weighted by molar-refractivity contribution is 0.0739. The van der Waals surface area contributed by atoms with Crippen LogP contribution in [0.3, 0.4) is 0 Å². The Kier molecular flexibility index (Phi) is 4.74. The average Bonchev–Trinajstić information content (AvgIpc) is 2.27. The van der Waals surface area contributed by atoms with E-state index in [0.717, 1.165) is 6.07 Å². The molecule has 1 aromatic rings.